The number of hydrogen-bond donors (Lipinski definition) is 1. The van der Waals surface area contributed by atoms with Crippen molar-refractivity contribution in [3.63, 3.8) is 0 Å². The van der Waals surface area contributed by atoms with Crippen LogP contribution in [0.1, 0.15) is 23.7 Å². The fourth-order valence-electron chi connectivity index (χ4n) is 1.12. The molecule has 0 heterocycles. The second-order valence-electron chi connectivity index (χ2n) is 3.34. The van der Waals surface area contributed by atoms with Gasteiger partial charge in [0.15, 0.2) is 0 Å². The standard InChI is InChI=1S/C11H13ClINO/c1-8(12)5-6-14-11(15)9-3-2-4-10(13)7-9/h2-4,7-8H,5-6H2,1H3,(H,14,15). The molecule has 1 aromatic carbocycles. The van der Waals surface area contributed by atoms with E-state index in [0.717, 1.165) is 9.99 Å². The molecule has 2 nitrogen and oxygen atoms in total. The number of benzene rings is 1. The summed E-state index contributed by atoms with van der Waals surface area (Å²) in [5.41, 5.74) is 0.698. The lowest BCUT2D eigenvalue weighted by molar-refractivity contribution is 0.0953. The van der Waals surface area contributed by atoms with E-state index < -0.39 is 0 Å². The van der Waals surface area contributed by atoms with Crippen LogP contribution >= 0.6 is 34.2 Å². The zero-order valence-electron chi connectivity index (χ0n) is 8.47. The van der Waals surface area contributed by atoms with Crippen LogP contribution in [0.4, 0.5) is 0 Å². The van der Waals surface area contributed by atoms with Gasteiger partial charge in [-0.2, -0.15) is 0 Å². The lowest BCUT2D eigenvalue weighted by atomic mass is 10.2. The van der Waals surface area contributed by atoms with E-state index in [1.165, 1.54) is 0 Å². The van der Waals surface area contributed by atoms with Crippen LogP contribution in [0.3, 0.4) is 0 Å². The molecule has 0 saturated heterocycles. The molecule has 0 aliphatic carbocycles. The third-order valence-electron chi connectivity index (χ3n) is 1.91. The van der Waals surface area contributed by atoms with Crippen LogP contribution in [-0.2, 0) is 0 Å². The van der Waals surface area contributed by atoms with Crippen molar-refractivity contribution in [1.29, 1.82) is 0 Å². The maximum atomic E-state index is 11.6. The lowest BCUT2D eigenvalue weighted by Crippen LogP contribution is -2.25. The van der Waals surface area contributed by atoms with Gasteiger partial charge in [0.05, 0.1) is 0 Å². The van der Waals surface area contributed by atoms with Crippen molar-refractivity contribution in [2.45, 2.75) is 18.7 Å². The Morgan fingerprint density at radius 1 is 1.60 bits per heavy atom. The average Bonchev–Trinajstić information content (AvgIpc) is 2.17. The Balaban J connectivity index is 2.47. The predicted octanol–water partition coefficient (Wildman–Crippen LogP) is 3.04. The third-order valence-corrected chi connectivity index (χ3v) is 2.80. The van der Waals surface area contributed by atoms with Crippen molar-refractivity contribution >= 4 is 40.1 Å². The van der Waals surface area contributed by atoms with Gasteiger partial charge in [-0.1, -0.05) is 6.07 Å². The van der Waals surface area contributed by atoms with Crippen molar-refractivity contribution < 1.29 is 4.79 Å². The number of carbonyl (C=O) groups excluding carboxylic acids is 1. The van der Waals surface area contributed by atoms with Crippen LogP contribution in [-0.4, -0.2) is 17.8 Å². The Labute approximate surface area is 109 Å². The molecule has 82 valence electrons. The monoisotopic (exact) mass is 337 g/mol. The fourth-order valence-corrected chi connectivity index (χ4v) is 1.77. The van der Waals surface area contributed by atoms with Gasteiger partial charge in [-0.3, -0.25) is 4.79 Å². The summed E-state index contributed by atoms with van der Waals surface area (Å²) in [6.07, 6.45) is 0.789. The molecular weight excluding hydrogens is 324 g/mol. The molecule has 0 bridgehead atoms. The third kappa shape index (κ3) is 4.84. The summed E-state index contributed by atoms with van der Waals surface area (Å²) in [7, 11) is 0. The largest absolute Gasteiger partial charge is 0.352 e. The van der Waals surface area contributed by atoms with E-state index in [1.807, 2.05) is 31.2 Å². The Kier molecular flexibility index (Phi) is 5.39. The van der Waals surface area contributed by atoms with Crippen LogP contribution in [0, 0.1) is 3.57 Å². The van der Waals surface area contributed by atoms with E-state index in [9.17, 15) is 4.79 Å². The zero-order valence-corrected chi connectivity index (χ0v) is 11.4. The summed E-state index contributed by atoms with van der Waals surface area (Å²) in [4.78, 5) is 11.6. The summed E-state index contributed by atoms with van der Waals surface area (Å²) < 4.78 is 1.06. The Bertz CT molecular complexity index is 341. The highest BCUT2D eigenvalue weighted by atomic mass is 127. The van der Waals surface area contributed by atoms with Crippen molar-refractivity contribution in [3.05, 3.63) is 33.4 Å². The summed E-state index contributed by atoms with van der Waals surface area (Å²) in [5.74, 6) is -0.0363. The van der Waals surface area contributed by atoms with Crippen molar-refractivity contribution in [2.24, 2.45) is 0 Å². The summed E-state index contributed by atoms with van der Waals surface area (Å²) in [5, 5.41) is 2.93. The maximum absolute atomic E-state index is 11.6. The van der Waals surface area contributed by atoms with Gasteiger partial charge in [0.25, 0.3) is 5.91 Å². The average molecular weight is 338 g/mol. The number of amides is 1. The van der Waals surface area contributed by atoms with E-state index in [1.54, 1.807) is 0 Å². The first-order valence-corrected chi connectivity index (χ1v) is 6.29. The quantitative estimate of drug-likeness (QED) is 0.664. The second-order valence-corrected chi connectivity index (χ2v) is 5.33. The lowest BCUT2D eigenvalue weighted by Gasteiger charge is -2.06. The van der Waals surface area contributed by atoms with E-state index in [0.29, 0.717) is 12.1 Å². The number of hydrogen-bond acceptors (Lipinski definition) is 1. The summed E-state index contributed by atoms with van der Waals surface area (Å²) >= 11 is 7.97. The minimum Gasteiger partial charge on any atom is -0.352 e. The van der Waals surface area contributed by atoms with E-state index in [4.69, 9.17) is 11.6 Å². The van der Waals surface area contributed by atoms with Gasteiger partial charge in [-0.15, -0.1) is 11.6 Å². The predicted molar refractivity (Wildman–Crippen MR) is 71.4 cm³/mol. The van der Waals surface area contributed by atoms with Crippen LogP contribution < -0.4 is 5.32 Å². The molecule has 1 atom stereocenters. The Morgan fingerprint density at radius 3 is 2.93 bits per heavy atom. The van der Waals surface area contributed by atoms with Crippen LogP contribution in [0.5, 0.6) is 0 Å². The van der Waals surface area contributed by atoms with Crippen molar-refractivity contribution in [1.82, 2.24) is 5.32 Å². The second kappa shape index (κ2) is 6.33. The minimum absolute atomic E-state index is 0.0363. The van der Waals surface area contributed by atoms with Crippen LogP contribution in [0.15, 0.2) is 24.3 Å². The van der Waals surface area contributed by atoms with E-state index in [-0.39, 0.29) is 11.3 Å². The normalized spacial score (nSPS) is 12.2. The molecule has 0 aliphatic rings. The van der Waals surface area contributed by atoms with Gasteiger partial charge in [0.1, 0.15) is 0 Å². The molecule has 1 amide bonds. The van der Waals surface area contributed by atoms with Crippen LogP contribution in [0.2, 0.25) is 0 Å². The van der Waals surface area contributed by atoms with Gasteiger partial charge in [-0.05, 0) is 54.1 Å². The molecule has 0 radical (unpaired) electrons. The van der Waals surface area contributed by atoms with E-state index >= 15 is 0 Å². The minimum atomic E-state index is -0.0363. The topological polar surface area (TPSA) is 29.1 Å². The smallest absolute Gasteiger partial charge is 0.251 e. The number of rotatable bonds is 4. The molecule has 0 saturated carbocycles. The molecule has 0 fully saturated rings. The van der Waals surface area contributed by atoms with Gasteiger partial charge < -0.3 is 5.32 Å². The number of carbonyl (C=O) groups is 1. The van der Waals surface area contributed by atoms with Gasteiger partial charge in [0.2, 0.25) is 0 Å². The molecule has 1 unspecified atom stereocenters. The number of nitrogens with one attached hydrogen (secondary N) is 1. The Hall–Kier alpha value is -0.290. The molecule has 0 aromatic heterocycles. The molecular formula is C11H13ClINO. The SMILES string of the molecule is CC(Cl)CCNC(=O)c1cccc(I)c1. The highest BCUT2D eigenvalue weighted by Crippen LogP contribution is 2.07. The highest BCUT2D eigenvalue weighted by Gasteiger charge is 2.05. The van der Waals surface area contributed by atoms with E-state index in [2.05, 4.69) is 27.9 Å². The number of alkyl halides is 1. The first kappa shape index (κ1) is 12.8. The van der Waals surface area contributed by atoms with Gasteiger partial charge >= 0.3 is 0 Å². The summed E-state index contributed by atoms with van der Waals surface area (Å²) in [6.45, 7) is 2.54. The molecule has 1 N–H and O–H groups in total. The first-order valence-electron chi connectivity index (χ1n) is 4.77. The van der Waals surface area contributed by atoms with Crippen molar-refractivity contribution in [2.75, 3.05) is 6.54 Å². The highest BCUT2D eigenvalue weighted by molar-refractivity contribution is 14.1. The molecule has 1 aromatic rings. The summed E-state index contributed by atoms with van der Waals surface area (Å²) in [6, 6.07) is 7.50. The van der Waals surface area contributed by atoms with Crippen LogP contribution in [0.25, 0.3) is 0 Å². The number of halogens is 2. The van der Waals surface area contributed by atoms with Gasteiger partial charge in [-0.25, -0.2) is 0 Å². The molecule has 4 heteroatoms. The van der Waals surface area contributed by atoms with Crippen molar-refractivity contribution in [3.8, 4) is 0 Å². The molecule has 15 heavy (non-hydrogen) atoms. The molecule has 0 aliphatic heterocycles. The van der Waals surface area contributed by atoms with Gasteiger partial charge in [0, 0.05) is 21.1 Å². The fraction of sp³-hybridized carbons (Fsp3) is 0.364. The molecule has 1 rings (SSSR count). The molecule has 0 spiro atoms. The maximum Gasteiger partial charge on any atom is 0.251 e. The zero-order chi connectivity index (χ0) is 11.3. The Morgan fingerprint density at radius 2 is 2.33 bits per heavy atom. The first-order chi connectivity index (χ1) is 7.09.